The lowest BCUT2D eigenvalue weighted by atomic mass is 10.2. The number of nitrogens with zero attached hydrogens (tertiary/aromatic N) is 3. The number of halogens is 1. The molecule has 3 N–H and O–H groups in total. The van der Waals surface area contributed by atoms with Crippen LogP contribution in [0, 0.1) is 5.95 Å². The maximum Gasteiger partial charge on any atom is 0.215 e. The first-order valence-corrected chi connectivity index (χ1v) is 11.0. The second-order valence-electron chi connectivity index (χ2n) is 7.83. The minimum Gasteiger partial charge on any atom is -0.495 e. The molecule has 10 heteroatoms. The maximum absolute atomic E-state index is 14.2. The van der Waals surface area contributed by atoms with E-state index in [9.17, 15) is 12.8 Å². The molecular weight excluding hydrogens is 409 g/mol. The van der Waals surface area contributed by atoms with Crippen LogP contribution in [0.1, 0.15) is 27.2 Å². The van der Waals surface area contributed by atoms with Gasteiger partial charge in [0.05, 0.1) is 23.7 Å². The molecule has 0 saturated carbocycles. The first-order chi connectivity index (χ1) is 14.1. The number of fused-ring (bicyclic) bond motifs is 1. The molecule has 0 bridgehead atoms. The van der Waals surface area contributed by atoms with Gasteiger partial charge in [-0.15, -0.1) is 0 Å². The molecule has 3 aromatic rings. The number of hydrogen-bond donors (Lipinski definition) is 2. The molecule has 0 spiro atoms. The topological polar surface area (TPSA) is 112 Å². The van der Waals surface area contributed by atoms with E-state index in [4.69, 9.17) is 10.5 Å². The highest BCUT2D eigenvalue weighted by Crippen LogP contribution is 2.34. The lowest BCUT2D eigenvalue weighted by molar-refractivity contribution is 0.401. The standard InChI is InChI=1S/C20H26FN5O3S/c1-20(2,3)30(27,28)16-12-26-14(11-24-19(26)10-15(16)29-4)13-8-17(21)25-18(9-13)23-7-5-6-22/h8-12H,5-7,22H2,1-4H3,(H,23,25). The third-order valence-corrected chi connectivity index (χ3v) is 7.17. The summed E-state index contributed by atoms with van der Waals surface area (Å²) in [4.78, 5) is 8.22. The van der Waals surface area contributed by atoms with Gasteiger partial charge >= 0.3 is 0 Å². The van der Waals surface area contributed by atoms with Crippen LogP contribution in [0.25, 0.3) is 16.9 Å². The van der Waals surface area contributed by atoms with Gasteiger partial charge in [-0.3, -0.25) is 4.40 Å². The van der Waals surface area contributed by atoms with Crippen molar-refractivity contribution in [2.24, 2.45) is 5.73 Å². The summed E-state index contributed by atoms with van der Waals surface area (Å²) in [6, 6.07) is 4.52. The zero-order valence-electron chi connectivity index (χ0n) is 17.4. The van der Waals surface area contributed by atoms with E-state index in [0.29, 0.717) is 35.8 Å². The molecule has 3 rings (SSSR count). The van der Waals surface area contributed by atoms with Gasteiger partial charge in [0, 0.05) is 30.4 Å². The van der Waals surface area contributed by atoms with Crippen LogP contribution in [-0.2, 0) is 9.84 Å². The van der Waals surface area contributed by atoms with Crippen LogP contribution in [0.4, 0.5) is 10.2 Å². The number of aromatic nitrogens is 3. The van der Waals surface area contributed by atoms with Gasteiger partial charge in [0.15, 0.2) is 9.84 Å². The zero-order chi connectivity index (χ0) is 22.1. The van der Waals surface area contributed by atoms with Crippen LogP contribution in [0.2, 0.25) is 0 Å². The Labute approximate surface area is 175 Å². The van der Waals surface area contributed by atoms with Crippen molar-refractivity contribution in [1.29, 1.82) is 0 Å². The largest absolute Gasteiger partial charge is 0.495 e. The molecule has 3 heterocycles. The fourth-order valence-electron chi connectivity index (χ4n) is 2.95. The van der Waals surface area contributed by atoms with Crippen molar-refractivity contribution in [3.63, 3.8) is 0 Å². The SMILES string of the molecule is COc1cc2ncc(-c3cc(F)nc(NCCCN)c3)n2cc1S(=O)(=O)C(C)(C)C. The van der Waals surface area contributed by atoms with Crippen LogP contribution < -0.4 is 15.8 Å². The third-order valence-electron chi connectivity index (χ3n) is 4.67. The average molecular weight is 436 g/mol. The third kappa shape index (κ3) is 4.10. The number of imidazole rings is 1. The molecule has 0 aliphatic carbocycles. The Balaban J connectivity index is 2.16. The molecule has 8 nitrogen and oxygen atoms in total. The molecule has 0 aliphatic heterocycles. The quantitative estimate of drug-likeness (QED) is 0.433. The van der Waals surface area contributed by atoms with E-state index in [1.807, 2.05) is 0 Å². The predicted molar refractivity (Wildman–Crippen MR) is 114 cm³/mol. The van der Waals surface area contributed by atoms with Gasteiger partial charge in [0.2, 0.25) is 5.95 Å². The minimum absolute atomic E-state index is 0.0417. The van der Waals surface area contributed by atoms with Crippen molar-refractivity contribution in [2.45, 2.75) is 36.8 Å². The number of ether oxygens (including phenoxy) is 1. The smallest absolute Gasteiger partial charge is 0.215 e. The summed E-state index contributed by atoms with van der Waals surface area (Å²) in [5.41, 5.74) is 7.00. The molecule has 30 heavy (non-hydrogen) atoms. The first kappa shape index (κ1) is 22.0. The Morgan fingerprint density at radius 2 is 2.00 bits per heavy atom. The van der Waals surface area contributed by atoms with Gasteiger partial charge in [0.1, 0.15) is 22.1 Å². The fraction of sp³-hybridized carbons (Fsp3) is 0.400. The van der Waals surface area contributed by atoms with Crippen molar-refractivity contribution in [2.75, 3.05) is 25.5 Å². The summed E-state index contributed by atoms with van der Waals surface area (Å²) >= 11 is 0. The van der Waals surface area contributed by atoms with Crippen LogP contribution in [0.5, 0.6) is 5.75 Å². The molecule has 0 aromatic carbocycles. The Morgan fingerprint density at radius 3 is 2.63 bits per heavy atom. The highest BCUT2D eigenvalue weighted by atomic mass is 32.2. The van der Waals surface area contributed by atoms with E-state index in [-0.39, 0.29) is 10.6 Å². The number of hydrogen-bond acceptors (Lipinski definition) is 7. The number of pyridine rings is 2. The van der Waals surface area contributed by atoms with E-state index in [1.54, 1.807) is 43.5 Å². The van der Waals surface area contributed by atoms with Crippen LogP contribution in [0.3, 0.4) is 0 Å². The molecule has 0 amide bonds. The molecule has 162 valence electrons. The lowest BCUT2D eigenvalue weighted by Gasteiger charge is -2.21. The molecule has 0 aliphatic rings. The normalized spacial score (nSPS) is 12.3. The molecule has 0 radical (unpaired) electrons. The minimum atomic E-state index is -3.70. The van der Waals surface area contributed by atoms with Gasteiger partial charge < -0.3 is 15.8 Å². The molecule has 0 saturated heterocycles. The summed E-state index contributed by atoms with van der Waals surface area (Å²) in [5, 5.41) is 3.03. The molecule has 0 fully saturated rings. The number of methoxy groups -OCH3 is 1. The Bertz CT molecular complexity index is 1170. The van der Waals surface area contributed by atoms with Crippen LogP contribution in [-0.4, -0.2) is 47.7 Å². The van der Waals surface area contributed by atoms with Crippen molar-refractivity contribution in [3.8, 4) is 17.0 Å². The van der Waals surface area contributed by atoms with E-state index in [2.05, 4.69) is 15.3 Å². The van der Waals surface area contributed by atoms with E-state index in [1.165, 1.54) is 19.4 Å². The van der Waals surface area contributed by atoms with E-state index >= 15 is 0 Å². The summed E-state index contributed by atoms with van der Waals surface area (Å²) in [7, 11) is -2.29. The summed E-state index contributed by atoms with van der Waals surface area (Å²) in [6.07, 6.45) is 3.74. The molecule has 0 unspecified atom stereocenters. The first-order valence-electron chi connectivity index (χ1n) is 9.50. The fourth-order valence-corrected chi connectivity index (χ4v) is 4.26. The van der Waals surface area contributed by atoms with Crippen molar-refractivity contribution < 1.29 is 17.5 Å². The van der Waals surface area contributed by atoms with E-state index < -0.39 is 20.5 Å². The van der Waals surface area contributed by atoms with E-state index in [0.717, 1.165) is 6.42 Å². The highest BCUT2D eigenvalue weighted by molar-refractivity contribution is 7.92. The van der Waals surface area contributed by atoms with Gasteiger partial charge in [-0.2, -0.15) is 4.39 Å². The Kier molecular flexibility index (Phi) is 6.00. The van der Waals surface area contributed by atoms with Crippen molar-refractivity contribution >= 4 is 21.3 Å². The Morgan fingerprint density at radius 1 is 1.27 bits per heavy atom. The zero-order valence-corrected chi connectivity index (χ0v) is 18.3. The number of rotatable bonds is 7. The molecule has 3 aromatic heterocycles. The van der Waals surface area contributed by atoms with Crippen molar-refractivity contribution in [1.82, 2.24) is 14.4 Å². The second kappa shape index (κ2) is 8.19. The number of sulfone groups is 1. The summed E-state index contributed by atoms with van der Waals surface area (Å²) in [5.74, 6) is -0.0854. The monoisotopic (exact) mass is 435 g/mol. The van der Waals surface area contributed by atoms with Crippen LogP contribution in [0.15, 0.2) is 35.5 Å². The van der Waals surface area contributed by atoms with Crippen molar-refractivity contribution in [3.05, 3.63) is 36.5 Å². The van der Waals surface area contributed by atoms with Crippen LogP contribution >= 0.6 is 0 Å². The predicted octanol–water partition coefficient (Wildman–Crippen LogP) is 2.88. The lowest BCUT2D eigenvalue weighted by Crippen LogP contribution is -2.28. The number of nitrogens with two attached hydrogens (primary N) is 1. The molecular formula is C20H26FN5O3S. The second-order valence-corrected chi connectivity index (χ2v) is 10.5. The van der Waals surface area contributed by atoms with Gasteiger partial charge in [-0.05, 0) is 39.8 Å². The summed E-state index contributed by atoms with van der Waals surface area (Å²) in [6.45, 7) is 5.94. The number of nitrogens with one attached hydrogen (secondary N) is 1. The molecule has 0 atom stereocenters. The average Bonchev–Trinajstić information content (AvgIpc) is 3.08. The maximum atomic E-state index is 14.2. The van der Waals surface area contributed by atoms with Gasteiger partial charge in [-0.25, -0.2) is 18.4 Å². The van der Waals surface area contributed by atoms with Gasteiger partial charge in [-0.1, -0.05) is 0 Å². The Hall–Kier alpha value is -2.72. The van der Waals surface area contributed by atoms with Gasteiger partial charge in [0.25, 0.3) is 0 Å². The highest BCUT2D eigenvalue weighted by Gasteiger charge is 2.34. The number of anilines is 1. The summed E-state index contributed by atoms with van der Waals surface area (Å²) < 4.78 is 46.2.